The van der Waals surface area contributed by atoms with E-state index in [0.717, 1.165) is 18.2 Å². The summed E-state index contributed by atoms with van der Waals surface area (Å²) in [6.07, 6.45) is -3.35. The fourth-order valence-electron chi connectivity index (χ4n) is 4.29. The summed E-state index contributed by atoms with van der Waals surface area (Å²) in [6, 6.07) is 14.2. The zero-order chi connectivity index (χ0) is 24.9. The maximum absolute atomic E-state index is 13.5. The number of pyridine rings is 2. The number of aromatic carboxylic acids is 1. The Morgan fingerprint density at radius 2 is 1.74 bits per heavy atom. The monoisotopic (exact) mass is 479 g/mol. The van der Waals surface area contributed by atoms with Crippen LogP contribution in [-0.2, 0) is 12.7 Å². The van der Waals surface area contributed by atoms with Crippen molar-refractivity contribution in [3.05, 3.63) is 104 Å². The molecule has 0 atom stereocenters. The largest absolute Gasteiger partial charge is 0.477 e. The van der Waals surface area contributed by atoms with Gasteiger partial charge in [0.15, 0.2) is 0 Å². The van der Waals surface area contributed by atoms with Gasteiger partial charge in [-0.25, -0.2) is 4.79 Å². The number of nitrogens with one attached hydrogen (secondary N) is 2. The molecule has 3 heterocycles. The number of hydrogen-bond donors (Lipinski definition) is 3. The first kappa shape index (κ1) is 22.2. The second-order valence-corrected chi connectivity index (χ2v) is 7.97. The van der Waals surface area contributed by atoms with Crippen LogP contribution in [0.3, 0.4) is 0 Å². The number of carboxylic acids is 1. The van der Waals surface area contributed by atoms with E-state index in [0.29, 0.717) is 10.9 Å². The van der Waals surface area contributed by atoms with Crippen LogP contribution in [0.2, 0.25) is 0 Å². The van der Waals surface area contributed by atoms with Gasteiger partial charge in [0, 0.05) is 39.3 Å². The Balaban J connectivity index is 1.85. The Morgan fingerprint density at radius 3 is 2.46 bits per heavy atom. The second-order valence-electron chi connectivity index (χ2n) is 7.97. The first-order valence-corrected chi connectivity index (χ1v) is 10.4. The molecule has 3 aromatic heterocycles. The number of para-hydroxylation sites is 1. The van der Waals surface area contributed by atoms with Crippen molar-refractivity contribution in [2.75, 3.05) is 0 Å². The molecule has 7 nitrogen and oxygen atoms in total. The number of alkyl halides is 3. The number of halogens is 3. The Morgan fingerprint density at radius 1 is 0.971 bits per heavy atom. The number of carbonyl (C=O) groups is 1. The van der Waals surface area contributed by atoms with Gasteiger partial charge in [-0.2, -0.15) is 13.2 Å². The molecular formula is C25H16F3N3O4. The van der Waals surface area contributed by atoms with Gasteiger partial charge in [-0.05, 0) is 47.9 Å². The van der Waals surface area contributed by atoms with E-state index in [9.17, 15) is 32.7 Å². The van der Waals surface area contributed by atoms with Crippen LogP contribution in [0, 0.1) is 0 Å². The molecule has 0 amide bonds. The normalized spacial score (nSPS) is 11.9. The maximum atomic E-state index is 13.5. The molecule has 0 saturated heterocycles. The number of aromatic amines is 2. The van der Waals surface area contributed by atoms with Crippen LogP contribution in [0.25, 0.3) is 32.9 Å². The van der Waals surface area contributed by atoms with Crippen molar-refractivity contribution in [1.82, 2.24) is 14.5 Å². The Labute approximate surface area is 194 Å². The van der Waals surface area contributed by atoms with Gasteiger partial charge in [0.1, 0.15) is 5.69 Å². The zero-order valence-corrected chi connectivity index (χ0v) is 17.8. The van der Waals surface area contributed by atoms with Gasteiger partial charge in [0.05, 0.1) is 12.1 Å². The molecule has 0 spiro atoms. The SMILES string of the molecule is O=C(O)c1c(-c2ccc[nH]c2=O)c2cc(C(F)(F)F)ccc2n1Cc1cc2ccccc2[nH]c1=O. The van der Waals surface area contributed by atoms with E-state index in [1.165, 1.54) is 22.9 Å². The number of nitrogens with zero attached hydrogens (tertiary/aromatic N) is 1. The highest BCUT2D eigenvalue weighted by Gasteiger charge is 2.33. The summed E-state index contributed by atoms with van der Waals surface area (Å²) >= 11 is 0. The summed E-state index contributed by atoms with van der Waals surface area (Å²) in [4.78, 5) is 42.9. The molecule has 0 radical (unpaired) electrons. The standard InChI is InChI=1S/C25H16F3N3O4/c26-25(27,28)15-7-8-19-17(11-15)20(16-5-3-9-29-23(16)33)21(24(34)35)31(19)12-14-10-13-4-1-2-6-18(13)30-22(14)32/h1-11H,12H2,(H,29,33)(H,30,32)(H,34,35). The van der Waals surface area contributed by atoms with Gasteiger partial charge in [-0.15, -0.1) is 0 Å². The molecule has 35 heavy (non-hydrogen) atoms. The summed E-state index contributed by atoms with van der Waals surface area (Å²) in [5.74, 6) is -1.45. The minimum absolute atomic E-state index is 0.0638. The zero-order valence-electron chi connectivity index (χ0n) is 17.8. The van der Waals surface area contributed by atoms with Gasteiger partial charge in [0.2, 0.25) is 0 Å². The van der Waals surface area contributed by atoms with Gasteiger partial charge in [0.25, 0.3) is 11.1 Å². The van der Waals surface area contributed by atoms with Crippen LogP contribution in [0.1, 0.15) is 21.6 Å². The van der Waals surface area contributed by atoms with Crippen LogP contribution in [0.4, 0.5) is 13.2 Å². The molecule has 3 N–H and O–H groups in total. The van der Waals surface area contributed by atoms with Crippen LogP contribution in [-0.4, -0.2) is 25.6 Å². The predicted octanol–water partition coefficient (Wildman–Crippen LogP) is 4.60. The fraction of sp³-hybridized carbons (Fsp3) is 0.0800. The third-order valence-electron chi connectivity index (χ3n) is 5.84. The molecule has 2 aromatic carbocycles. The molecule has 0 fully saturated rings. The van der Waals surface area contributed by atoms with E-state index in [1.54, 1.807) is 30.3 Å². The predicted molar refractivity (Wildman–Crippen MR) is 124 cm³/mol. The van der Waals surface area contributed by atoms with Gasteiger partial charge >= 0.3 is 12.1 Å². The van der Waals surface area contributed by atoms with E-state index in [1.807, 2.05) is 0 Å². The number of fused-ring (bicyclic) bond motifs is 2. The third-order valence-corrected chi connectivity index (χ3v) is 5.84. The Kier molecular flexibility index (Phi) is 5.08. The first-order chi connectivity index (χ1) is 16.6. The molecular weight excluding hydrogens is 463 g/mol. The molecule has 176 valence electrons. The average Bonchev–Trinajstić information content (AvgIpc) is 3.13. The van der Waals surface area contributed by atoms with Gasteiger partial charge < -0.3 is 19.6 Å². The van der Waals surface area contributed by atoms with Crippen LogP contribution < -0.4 is 11.1 Å². The summed E-state index contributed by atoms with van der Waals surface area (Å²) in [5.41, 5.74) is -1.83. The molecule has 0 bridgehead atoms. The minimum Gasteiger partial charge on any atom is -0.477 e. The lowest BCUT2D eigenvalue weighted by molar-refractivity contribution is -0.137. The van der Waals surface area contributed by atoms with Crippen molar-refractivity contribution < 1.29 is 23.1 Å². The highest BCUT2D eigenvalue weighted by atomic mass is 19.4. The van der Waals surface area contributed by atoms with Crippen LogP contribution >= 0.6 is 0 Å². The Hall–Kier alpha value is -4.60. The van der Waals surface area contributed by atoms with Crippen molar-refractivity contribution in [3.8, 4) is 11.1 Å². The minimum atomic E-state index is -4.68. The number of carboxylic acid groups (broad SMARTS) is 1. The van der Waals surface area contributed by atoms with Gasteiger partial charge in [-0.1, -0.05) is 18.2 Å². The lowest BCUT2D eigenvalue weighted by Gasteiger charge is -2.10. The smallest absolute Gasteiger partial charge is 0.416 e. The molecule has 5 rings (SSSR count). The molecule has 0 aliphatic carbocycles. The summed E-state index contributed by atoms with van der Waals surface area (Å²) < 4.78 is 41.8. The van der Waals surface area contributed by atoms with Crippen molar-refractivity contribution >= 4 is 27.8 Å². The molecule has 0 aliphatic heterocycles. The maximum Gasteiger partial charge on any atom is 0.416 e. The van der Waals surface area contributed by atoms with Crippen molar-refractivity contribution in [2.24, 2.45) is 0 Å². The molecule has 0 saturated carbocycles. The number of hydrogen-bond acceptors (Lipinski definition) is 3. The van der Waals surface area contributed by atoms with E-state index in [4.69, 9.17) is 0 Å². The lowest BCUT2D eigenvalue weighted by atomic mass is 10.0. The highest BCUT2D eigenvalue weighted by molar-refractivity contribution is 6.08. The topological polar surface area (TPSA) is 108 Å². The van der Waals surface area contributed by atoms with E-state index in [-0.39, 0.29) is 34.1 Å². The van der Waals surface area contributed by atoms with Crippen molar-refractivity contribution in [2.45, 2.75) is 12.7 Å². The number of rotatable bonds is 4. The lowest BCUT2D eigenvalue weighted by Crippen LogP contribution is -2.18. The average molecular weight is 479 g/mol. The van der Waals surface area contributed by atoms with Crippen molar-refractivity contribution in [3.63, 3.8) is 0 Å². The van der Waals surface area contributed by atoms with Crippen LogP contribution in [0.15, 0.2) is 76.4 Å². The number of aromatic nitrogens is 3. The molecule has 10 heteroatoms. The summed E-state index contributed by atoms with van der Waals surface area (Å²) in [7, 11) is 0. The molecule has 0 unspecified atom stereocenters. The van der Waals surface area contributed by atoms with E-state index in [2.05, 4.69) is 9.97 Å². The Bertz CT molecular complexity index is 1750. The third kappa shape index (κ3) is 3.78. The van der Waals surface area contributed by atoms with Gasteiger partial charge in [-0.3, -0.25) is 9.59 Å². The first-order valence-electron chi connectivity index (χ1n) is 10.4. The van der Waals surface area contributed by atoms with Crippen molar-refractivity contribution in [1.29, 1.82) is 0 Å². The summed E-state index contributed by atoms with van der Waals surface area (Å²) in [6.45, 7) is -0.242. The summed E-state index contributed by atoms with van der Waals surface area (Å²) in [5, 5.41) is 10.7. The number of H-pyrrole nitrogens is 2. The highest BCUT2D eigenvalue weighted by Crippen LogP contribution is 2.38. The quantitative estimate of drug-likeness (QED) is 0.350. The van der Waals surface area contributed by atoms with E-state index < -0.39 is 34.5 Å². The fourth-order valence-corrected chi connectivity index (χ4v) is 4.29. The number of benzene rings is 2. The van der Waals surface area contributed by atoms with Crippen LogP contribution in [0.5, 0.6) is 0 Å². The second kappa shape index (κ2) is 8.01. The molecule has 5 aromatic rings. The van der Waals surface area contributed by atoms with E-state index >= 15 is 0 Å². The molecule has 0 aliphatic rings.